The molecule has 1 atom stereocenters. The molecule has 0 spiro atoms. The molecular weight excluding hydrogens is 378 g/mol. The highest BCUT2D eigenvalue weighted by atomic mass is 35.5. The molecule has 0 saturated carbocycles. The molecule has 0 bridgehead atoms. The summed E-state index contributed by atoms with van der Waals surface area (Å²) >= 11 is 7.92. The molecule has 138 valence electrons. The number of halogens is 1. The first kappa shape index (κ1) is 18.2. The second kappa shape index (κ2) is 7.85. The molecule has 1 aliphatic rings. The van der Waals surface area contributed by atoms with E-state index in [1.807, 2.05) is 12.1 Å². The van der Waals surface area contributed by atoms with Gasteiger partial charge in [0.25, 0.3) is 0 Å². The number of aryl methyl sites for hydroxylation is 1. The van der Waals surface area contributed by atoms with Crippen LogP contribution in [0.1, 0.15) is 34.7 Å². The van der Waals surface area contributed by atoms with Crippen molar-refractivity contribution >= 4 is 45.1 Å². The molecule has 0 amide bonds. The molecule has 0 saturated heterocycles. The third-order valence-corrected chi connectivity index (χ3v) is 6.26. The Morgan fingerprint density at radius 2 is 2.22 bits per heavy atom. The summed E-state index contributed by atoms with van der Waals surface area (Å²) in [5, 5.41) is 7.93. The fraction of sp³-hybridized carbons (Fsp3) is 0.227. The van der Waals surface area contributed by atoms with Crippen LogP contribution in [-0.2, 0) is 22.5 Å². The minimum atomic E-state index is -0.335. The maximum atomic E-state index is 11.3. The quantitative estimate of drug-likeness (QED) is 0.455. The number of hydrogen-bond donors (Lipinski definition) is 1. The van der Waals surface area contributed by atoms with Gasteiger partial charge in [-0.2, -0.15) is 0 Å². The zero-order valence-electron chi connectivity index (χ0n) is 15.0. The SMILES string of the molecule is COC(=O)/C=C/c1ccc2c(c1)CCC2NCc1csc2ccc(Cl)cc12. The number of benzene rings is 2. The number of carbonyl (C=O) groups is 1. The summed E-state index contributed by atoms with van der Waals surface area (Å²) in [7, 11) is 1.39. The van der Waals surface area contributed by atoms with Crippen molar-refractivity contribution in [2.75, 3.05) is 7.11 Å². The van der Waals surface area contributed by atoms with E-state index >= 15 is 0 Å². The van der Waals surface area contributed by atoms with E-state index in [-0.39, 0.29) is 5.97 Å². The van der Waals surface area contributed by atoms with Crippen LogP contribution in [0.4, 0.5) is 0 Å². The molecule has 1 N–H and O–H groups in total. The molecule has 1 unspecified atom stereocenters. The summed E-state index contributed by atoms with van der Waals surface area (Å²) < 4.78 is 5.91. The predicted octanol–water partition coefficient (Wildman–Crippen LogP) is 5.52. The van der Waals surface area contributed by atoms with Crippen LogP contribution < -0.4 is 5.32 Å². The zero-order valence-corrected chi connectivity index (χ0v) is 16.6. The van der Waals surface area contributed by atoms with Crippen LogP contribution in [0.5, 0.6) is 0 Å². The smallest absolute Gasteiger partial charge is 0.330 e. The van der Waals surface area contributed by atoms with Crippen molar-refractivity contribution in [3.63, 3.8) is 0 Å². The summed E-state index contributed by atoms with van der Waals surface area (Å²) in [4.78, 5) is 11.3. The maximum Gasteiger partial charge on any atom is 0.330 e. The van der Waals surface area contributed by atoms with Crippen LogP contribution >= 0.6 is 22.9 Å². The topological polar surface area (TPSA) is 38.3 Å². The van der Waals surface area contributed by atoms with Crippen LogP contribution in [0.25, 0.3) is 16.2 Å². The Balaban J connectivity index is 1.47. The van der Waals surface area contributed by atoms with E-state index in [0.29, 0.717) is 6.04 Å². The molecule has 1 aromatic heterocycles. The molecule has 0 aliphatic heterocycles. The van der Waals surface area contributed by atoms with Crippen LogP contribution in [0, 0.1) is 0 Å². The highest BCUT2D eigenvalue weighted by Gasteiger charge is 2.22. The van der Waals surface area contributed by atoms with E-state index in [4.69, 9.17) is 11.6 Å². The lowest BCUT2D eigenvalue weighted by Gasteiger charge is -2.14. The van der Waals surface area contributed by atoms with E-state index in [0.717, 1.165) is 30.0 Å². The summed E-state index contributed by atoms with van der Waals surface area (Å²) in [6.07, 6.45) is 5.39. The normalized spacial score (nSPS) is 16.1. The second-order valence-corrected chi connectivity index (χ2v) is 8.04. The van der Waals surface area contributed by atoms with Gasteiger partial charge in [-0.05, 0) is 70.1 Å². The van der Waals surface area contributed by atoms with Crippen molar-refractivity contribution in [3.8, 4) is 0 Å². The lowest BCUT2D eigenvalue weighted by Crippen LogP contribution is -2.18. The van der Waals surface area contributed by atoms with Crippen molar-refractivity contribution in [1.82, 2.24) is 5.32 Å². The van der Waals surface area contributed by atoms with Gasteiger partial charge in [0, 0.05) is 28.4 Å². The Morgan fingerprint density at radius 1 is 1.33 bits per heavy atom. The molecule has 3 aromatic rings. The Morgan fingerprint density at radius 3 is 3.07 bits per heavy atom. The average Bonchev–Trinajstić information content (AvgIpc) is 3.27. The largest absolute Gasteiger partial charge is 0.466 e. The predicted molar refractivity (Wildman–Crippen MR) is 112 cm³/mol. The summed E-state index contributed by atoms with van der Waals surface area (Å²) in [6.45, 7) is 0.828. The van der Waals surface area contributed by atoms with E-state index in [1.165, 1.54) is 40.0 Å². The van der Waals surface area contributed by atoms with Crippen molar-refractivity contribution in [3.05, 3.63) is 75.1 Å². The van der Waals surface area contributed by atoms with Crippen molar-refractivity contribution in [1.29, 1.82) is 0 Å². The molecule has 27 heavy (non-hydrogen) atoms. The third-order valence-electron chi connectivity index (χ3n) is 5.01. The molecule has 2 aromatic carbocycles. The number of carbonyl (C=O) groups excluding carboxylic acids is 1. The molecule has 0 radical (unpaired) electrons. The molecule has 3 nitrogen and oxygen atoms in total. The summed E-state index contributed by atoms with van der Waals surface area (Å²) in [5.74, 6) is -0.335. The fourth-order valence-electron chi connectivity index (χ4n) is 3.61. The van der Waals surface area contributed by atoms with E-state index in [1.54, 1.807) is 17.4 Å². The van der Waals surface area contributed by atoms with Crippen LogP contribution in [0.3, 0.4) is 0 Å². The van der Waals surface area contributed by atoms with Gasteiger partial charge in [-0.3, -0.25) is 0 Å². The van der Waals surface area contributed by atoms with E-state index in [9.17, 15) is 4.79 Å². The van der Waals surface area contributed by atoms with Gasteiger partial charge in [0.15, 0.2) is 0 Å². The number of methoxy groups -OCH3 is 1. The van der Waals surface area contributed by atoms with Crippen LogP contribution in [-0.4, -0.2) is 13.1 Å². The lowest BCUT2D eigenvalue weighted by molar-refractivity contribution is -0.134. The number of hydrogen-bond acceptors (Lipinski definition) is 4. The third kappa shape index (κ3) is 3.93. The summed E-state index contributed by atoms with van der Waals surface area (Å²) in [5.41, 5.74) is 5.02. The van der Waals surface area contributed by atoms with Gasteiger partial charge in [0.1, 0.15) is 0 Å². The fourth-order valence-corrected chi connectivity index (χ4v) is 4.72. The first-order valence-electron chi connectivity index (χ1n) is 8.92. The van der Waals surface area contributed by atoms with Gasteiger partial charge >= 0.3 is 5.97 Å². The maximum absolute atomic E-state index is 11.3. The van der Waals surface area contributed by atoms with Gasteiger partial charge in [-0.25, -0.2) is 4.79 Å². The minimum absolute atomic E-state index is 0.335. The number of esters is 1. The van der Waals surface area contributed by atoms with Gasteiger partial charge in [-0.1, -0.05) is 29.8 Å². The molecular formula is C22H20ClNO2S. The van der Waals surface area contributed by atoms with E-state index in [2.05, 4.69) is 39.7 Å². The average molecular weight is 398 g/mol. The summed E-state index contributed by atoms with van der Waals surface area (Å²) in [6, 6.07) is 12.8. The van der Waals surface area contributed by atoms with Crippen molar-refractivity contribution in [2.24, 2.45) is 0 Å². The monoisotopic (exact) mass is 397 g/mol. The Labute approximate surface area is 167 Å². The second-order valence-electron chi connectivity index (χ2n) is 6.69. The van der Waals surface area contributed by atoms with Crippen LogP contribution in [0.15, 0.2) is 47.9 Å². The number of thiophene rings is 1. The molecule has 1 aliphatic carbocycles. The first-order valence-corrected chi connectivity index (χ1v) is 10.2. The first-order chi connectivity index (χ1) is 13.1. The van der Waals surface area contributed by atoms with Gasteiger partial charge in [0.05, 0.1) is 7.11 Å². The molecule has 4 rings (SSSR count). The number of nitrogens with one attached hydrogen (secondary N) is 1. The van der Waals surface area contributed by atoms with Gasteiger partial charge in [-0.15, -0.1) is 11.3 Å². The van der Waals surface area contributed by atoms with E-state index < -0.39 is 0 Å². The minimum Gasteiger partial charge on any atom is -0.466 e. The molecule has 0 fully saturated rings. The number of fused-ring (bicyclic) bond motifs is 2. The number of ether oxygens (including phenoxy) is 1. The highest BCUT2D eigenvalue weighted by Crippen LogP contribution is 2.34. The molecule has 5 heteroatoms. The molecule has 1 heterocycles. The van der Waals surface area contributed by atoms with Gasteiger partial charge in [0.2, 0.25) is 0 Å². The Kier molecular flexibility index (Phi) is 5.30. The Hall–Kier alpha value is -2.14. The lowest BCUT2D eigenvalue weighted by atomic mass is 10.0. The Bertz CT molecular complexity index is 1020. The highest BCUT2D eigenvalue weighted by molar-refractivity contribution is 7.17. The van der Waals surface area contributed by atoms with Crippen molar-refractivity contribution in [2.45, 2.75) is 25.4 Å². The van der Waals surface area contributed by atoms with Crippen molar-refractivity contribution < 1.29 is 9.53 Å². The number of rotatable bonds is 5. The standard InChI is InChI=1S/C22H20ClNO2S/c1-26-22(25)9-3-14-2-6-18-15(10-14)4-7-20(18)24-12-16-13-27-21-8-5-17(23)11-19(16)21/h2-3,5-6,8-11,13,20,24H,4,7,12H2,1H3/b9-3+. The van der Waals surface area contributed by atoms with Crippen LogP contribution in [0.2, 0.25) is 5.02 Å². The zero-order chi connectivity index (χ0) is 18.8. The van der Waals surface area contributed by atoms with Gasteiger partial charge < -0.3 is 10.1 Å².